The zero-order valence-corrected chi connectivity index (χ0v) is 14.6. The molecule has 1 aliphatic heterocycles. The Labute approximate surface area is 152 Å². The van der Waals surface area contributed by atoms with Crippen LogP contribution in [0.4, 0.5) is 13.2 Å². The molecule has 138 valence electrons. The van der Waals surface area contributed by atoms with Crippen LogP contribution in [0.3, 0.4) is 0 Å². The number of fused-ring (bicyclic) bond motifs is 1. The fraction of sp³-hybridized carbons (Fsp3) is 0.278. The van der Waals surface area contributed by atoms with E-state index in [1.54, 1.807) is 17.8 Å². The number of carbonyl (C=O) groups excluding carboxylic acids is 1. The molecule has 1 atom stereocenters. The van der Waals surface area contributed by atoms with Crippen LogP contribution in [0.1, 0.15) is 28.4 Å². The Balaban J connectivity index is 1.89. The van der Waals surface area contributed by atoms with Crippen molar-refractivity contribution >= 4 is 17.7 Å². The summed E-state index contributed by atoms with van der Waals surface area (Å²) in [7, 11) is 1.30. The molecule has 1 N–H and O–H groups in total. The smallest absolute Gasteiger partial charge is 0.387 e. The quantitative estimate of drug-likeness (QED) is 0.831. The van der Waals surface area contributed by atoms with Crippen LogP contribution in [0.25, 0.3) is 0 Å². The molecule has 0 bridgehead atoms. The first-order valence-electron chi connectivity index (χ1n) is 7.84. The second kappa shape index (κ2) is 7.90. The summed E-state index contributed by atoms with van der Waals surface area (Å²) in [5, 5.41) is 2.78. The first kappa shape index (κ1) is 18.4. The molecule has 3 rings (SSSR count). The maximum atomic E-state index is 13.6. The lowest BCUT2D eigenvalue weighted by atomic mass is 10.0. The van der Waals surface area contributed by atoms with Crippen molar-refractivity contribution in [3.63, 3.8) is 0 Å². The molecule has 0 fully saturated rings. The standard InChI is InChI=1S/C18H16F3NO3S/c1-24-14-4-2-3-11(16(14)25-18(20)21)17(23)22-13-7-8-26-15-6-5-10(19)9-12(13)15/h2-6,9,13,18H,7-8H2,1H3,(H,22,23). The molecular formula is C18H16F3NO3S. The summed E-state index contributed by atoms with van der Waals surface area (Å²) < 4.78 is 48.5. The number of thioether (sulfide) groups is 1. The monoisotopic (exact) mass is 383 g/mol. The Kier molecular flexibility index (Phi) is 5.61. The van der Waals surface area contributed by atoms with Crippen LogP contribution >= 0.6 is 11.8 Å². The number of amides is 1. The second-order valence-corrected chi connectivity index (χ2v) is 6.70. The minimum atomic E-state index is -3.10. The van der Waals surface area contributed by atoms with Gasteiger partial charge in [-0.15, -0.1) is 11.8 Å². The van der Waals surface area contributed by atoms with Gasteiger partial charge in [-0.3, -0.25) is 4.79 Å². The van der Waals surface area contributed by atoms with Gasteiger partial charge in [-0.25, -0.2) is 4.39 Å². The molecule has 0 saturated heterocycles. The molecule has 1 unspecified atom stereocenters. The molecule has 2 aromatic rings. The van der Waals surface area contributed by atoms with Crippen LogP contribution < -0.4 is 14.8 Å². The van der Waals surface area contributed by atoms with Gasteiger partial charge in [0.1, 0.15) is 5.82 Å². The fourth-order valence-corrected chi connectivity index (χ4v) is 3.92. The van der Waals surface area contributed by atoms with Gasteiger partial charge in [-0.05, 0) is 42.3 Å². The summed E-state index contributed by atoms with van der Waals surface area (Å²) in [6, 6.07) is 8.32. The van der Waals surface area contributed by atoms with E-state index in [2.05, 4.69) is 10.1 Å². The van der Waals surface area contributed by atoms with Gasteiger partial charge in [0.05, 0.1) is 18.7 Å². The Morgan fingerprint density at radius 1 is 1.31 bits per heavy atom. The SMILES string of the molecule is COc1cccc(C(=O)NC2CCSc3ccc(F)cc32)c1OC(F)F. The van der Waals surface area contributed by atoms with Gasteiger partial charge in [-0.2, -0.15) is 8.78 Å². The van der Waals surface area contributed by atoms with E-state index in [4.69, 9.17) is 4.74 Å². The Hall–Kier alpha value is -2.35. The first-order chi connectivity index (χ1) is 12.5. The largest absolute Gasteiger partial charge is 0.493 e. The zero-order chi connectivity index (χ0) is 18.7. The number of ether oxygens (including phenoxy) is 2. The van der Waals surface area contributed by atoms with Crippen LogP contribution in [-0.4, -0.2) is 25.4 Å². The minimum absolute atomic E-state index is 0.0311. The molecule has 2 aromatic carbocycles. The number of carbonyl (C=O) groups is 1. The summed E-state index contributed by atoms with van der Waals surface area (Å²) in [4.78, 5) is 13.6. The molecule has 1 heterocycles. The maximum absolute atomic E-state index is 13.6. The summed E-state index contributed by atoms with van der Waals surface area (Å²) >= 11 is 1.58. The summed E-state index contributed by atoms with van der Waals surface area (Å²) in [5.41, 5.74) is 0.606. The van der Waals surface area contributed by atoms with E-state index in [1.165, 1.54) is 37.4 Å². The van der Waals surface area contributed by atoms with E-state index in [1.807, 2.05) is 0 Å². The van der Waals surface area contributed by atoms with Crippen molar-refractivity contribution in [3.05, 3.63) is 53.3 Å². The van der Waals surface area contributed by atoms with E-state index in [0.717, 1.165) is 10.6 Å². The Bertz CT molecular complexity index is 816. The maximum Gasteiger partial charge on any atom is 0.387 e. The second-order valence-electron chi connectivity index (χ2n) is 5.56. The molecule has 0 radical (unpaired) electrons. The highest BCUT2D eigenvalue weighted by atomic mass is 32.2. The van der Waals surface area contributed by atoms with Gasteiger partial charge < -0.3 is 14.8 Å². The summed E-state index contributed by atoms with van der Waals surface area (Å²) in [6.45, 7) is -3.10. The lowest BCUT2D eigenvalue weighted by Gasteiger charge is -2.26. The highest BCUT2D eigenvalue weighted by Crippen LogP contribution is 2.37. The van der Waals surface area contributed by atoms with Gasteiger partial charge in [0.25, 0.3) is 5.91 Å². The zero-order valence-electron chi connectivity index (χ0n) is 13.8. The molecule has 8 heteroatoms. The predicted molar refractivity (Wildman–Crippen MR) is 91.6 cm³/mol. The Morgan fingerprint density at radius 2 is 2.12 bits per heavy atom. The van der Waals surface area contributed by atoms with E-state index < -0.39 is 24.4 Å². The first-order valence-corrected chi connectivity index (χ1v) is 8.83. The molecule has 0 aliphatic carbocycles. The van der Waals surface area contributed by atoms with E-state index >= 15 is 0 Å². The van der Waals surface area contributed by atoms with Crippen molar-refractivity contribution < 1.29 is 27.4 Å². The predicted octanol–water partition coefficient (Wildman–Crippen LogP) is 4.40. The minimum Gasteiger partial charge on any atom is -0.493 e. The summed E-state index contributed by atoms with van der Waals surface area (Å²) in [6.07, 6.45) is 0.599. The van der Waals surface area contributed by atoms with Crippen molar-refractivity contribution in [1.29, 1.82) is 0 Å². The van der Waals surface area contributed by atoms with Crippen molar-refractivity contribution in [2.45, 2.75) is 24.0 Å². The molecule has 0 aromatic heterocycles. The molecule has 4 nitrogen and oxygen atoms in total. The van der Waals surface area contributed by atoms with Crippen molar-refractivity contribution in [3.8, 4) is 11.5 Å². The number of hydrogen-bond acceptors (Lipinski definition) is 4. The normalized spacial score (nSPS) is 16.1. The fourth-order valence-electron chi connectivity index (χ4n) is 2.82. The number of methoxy groups -OCH3 is 1. The van der Waals surface area contributed by atoms with Gasteiger partial charge >= 0.3 is 6.61 Å². The molecule has 0 spiro atoms. The molecule has 26 heavy (non-hydrogen) atoms. The number of hydrogen-bond donors (Lipinski definition) is 1. The lowest BCUT2D eigenvalue weighted by molar-refractivity contribution is -0.0515. The van der Waals surface area contributed by atoms with Crippen LogP contribution in [0.5, 0.6) is 11.5 Å². The number of halogens is 3. The van der Waals surface area contributed by atoms with Crippen LogP contribution in [0, 0.1) is 5.82 Å². The number of rotatable bonds is 5. The average molecular weight is 383 g/mol. The van der Waals surface area contributed by atoms with Crippen LogP contribution in [-0.2, 0) is 0 Å². The number of benzene rings is 2. The highest BCUT2D eigenvalue weighted by molar-refractivity contribution is 7.99. The summed E-state index contributed by atoms with van der Waals surface area (Å²) in [5.74, 6) is -0.529. The lowest BCUT2D eigenvalue weighted by Crippen LogP contribution is -2.31. The van der Waals surface area contributed by atoms with Crippen molar-refractivity contribution in [2.24, 2.45) is 0 Å². The number of para-hydroxylation sites is 1. The van der Waals surface area contributed by atoms with E-state index in [-0.39, 0.29) is 17.1 Å². The molecule has 1 aliphatic rings. The van der Waals surface area contributed by atoms with E-state index in [0.29, 0.717) is 12.0 Å². The molecule has 0 saturated carbocycles. The third-order valence-electron chi connectivity index (χ3n) is 3.97. The average Bonchev–Trinajstić information content (AvgIpc) is 2.62. The third-order valence-corrected chi connectivity index (χ3v) is 5.09. The number of alkyl halides is 2. The van der Waals surface area contributed by atoms with Crippen molar-refractivity contribution in [2.75, 3.05) is 12.9 Å². The van der Waals surface area contributed by atoms with Crippen LogP contribution in [0.2, 0.25) is 0 Å². The molecular weight excluding hydrogens is 367 g/mol. The van der Waals surface area contributed by atoms with Gasteiger partial charge in [0.2, 0.25) is 0 Å². The highest BCUT2D eigenvalue weighted by Gasteiger charge is 2.26. The van der Waals surface area contributed by atoms with E-state index in [9.17, 15) is 18.0 Å². The van der Waals surface area contributed by atoms with Gasteiger partial charge in [-0.1, -0.05) is 6.07 Å². The molecule has 1 amide bonds. The van der Waals surface area contributed by atoms with Crippen molar-refractivity contribution in [1.82, 2.24) is 5.32 Å². The number of nitrogens with one attached hydrogen (secondary N) is 1. The van der Waals surface area contributed by atoms with Crippen LogP contribution in [0.15, 0.2) is 41.3 Å². The van der Waals surface area contributed by atoms with Gasteiger partial charge in [0.15, 0.2) is 11.5 Å². The third kappa shape index (κ3) is 3.90. The topological polar surface area (TPSA) is 47.6 Å². The Morgan fingerprint density at radius 3 is 2.85 bits per heavy atom. The van der Waals surface area contributed by atoms with Gasteiger partial charge in [0, 0.05) is 10.6 Å².